The van der Waals surface area contributed by atoms with E-state index >= 15 is 0 Å². The van der Waals surface area contributed by atoms with Gasteiger partial charge in [-0.05, 0) is 38.8 Å². The van der Waals surface area contributed by atoms with E-state index in [1.54, 1.807) is 13.1 Å². The lowest BCUT2D eigenvalue weighted by atomic mass is 9.86. The number of benzene rings is 1. The fourth-order valence-electron chi connectivity index (χ4n) is 2.99. The van der Waals surface area contributed by atoms with E-state index in [1.807, 2.05) is 13.8 Å². The largest absolute Gasteiger partial charge is 0.491 e. The first kappa shape index (κ1) is 18.5. The Morgan fingerprint density at radius 2 is 2.12 bits per heavy atom. The number of aliphatic hydroxyl groups excluding tert-OH is 1. The summed E-state index contributed by atoms with van der Waals surface area (Å²) in [5.41, 5.74) is 0.118. The molecule has 5 nitrogen and oxygen atoms in total. The summed E-state index contributed by atoms with van der Waals surface area (Å²) in [4.78, 5) is 13.7. The van der Waals surface area contributed by atoms with Crippen LogP contribution in [-0.2, 0) is 0 Å². The molecule has 1 fully saturated rings. The molecule has 1 aliphatic rings. The zero-order valence-electron chi connectivity index (χ0n) is 14.6. The first-order valence-electron chi connectivity index (χ1n) is 8.53. The van der Waals surface area contributed by atoms with Crippen molar-refractivity contribution in [1.29, 1.82) is 0 Å². The van der Waals surface area contributed by atoms with Crippen LogP contribution in [0.1, 0.15) is 39.5 Å². The molecule has 6 heteroatoms. The van der Waals surface area contributed by atoms with E-state index in [0.29, 0.717) is 12.3 Å². The van der Waals surface area contributed by atoms with Gasteiger partial charge in [0.15, 0.2) is 0 Å². The van der Waals surface area contributed by atoms with E-state index < -0.39 is 5.82 Å². The van der Waals surface area contributed by atoms with Gasteiger partial charge in [0.1, 0.15) is 11.6 Å². The van der Waals surface area contributed by atoms with Crippen LogP contribution in [0.15, 0.2) is 18.2 Å². The van der Waals surface area contributed by atoms with Crippen LogP contribution in [0.25, 0.3) is 0 Å². The summed E-state index contributed by atoms with van der Waals surface area (Å²) in [7, 11) is 1.66. The van der Waals surface area contributed by atoms with Crippen molar-refractivity contribution in [1.82, 2.24) is 4.90 Å². The van der Waals surface area contributed by atoms with Crippen LogP contribution in [0.3, 0.4) is 0 Å². The minimum Gasteiger partial charge on any atom is -0.491 e. The normalized spacial score (nSPS) is 20.8. The second-order valence-electron chi connectivity index (χ2n) is 6.73. The van der Waals surface area contributed by atoms with Crippen LogP contribution >= 0.6 is 0 Å². The lowest BCUT2D eigenvalue weighted by Crippen LogP contribution is -2.40. The molecule has 0 aliphatic heterocycles. The fraction of sp³-hybridized carbons (Fsp3) is 0.611. The summed E-state index contributed by atoms with van der Waals surface area (Å²) in [5, 5.41) is 12.6. The molecule has 2 rings (SSSR count). The second-order valence-corrected chi connectivity index (χ2v) is 6.73. The Labute approximate surface area is 142 Å². The predicted molar refractivity (Wildman–Crippen MR) is 91.8 cm³/mol. The topological polar surface area (TPSA) is 61.8 Å². The molecule has 0 bridgehead atoms. The molecule has 134 valence electrons. The summed E-state index contributed by atoms with van der Waals surface area (Å²) in [6.45, 7) is 4.19. The second kappa shape index (κ2) is 8.33. The number of hydrogen-bond donors (Lipinski definition) is 2. The monoisotopic (exact) mass is 338 g/mol. The summed E-state index contributed by atoms with van der Waals surface area (Å²) in [5.74, 6) is -0.0204. The van der Waals surface area contributed by atoms with Crippen molar-refractivity contribution >= 4 is 11.7 Å². The van der Waals surface area contributed by atoms with Gasteiger partial charge in [0, 0.05) is 25.6 Å². The summed E-state index contributed by atoms with van der Waals surface area (Å²) < 4.78 is 19.5. The zero-order chi connectivity index (χ0) is 17.7. The molecule has 24 heavy (non-hydrogen) atoms. The lowest BCUT2D eigenvalue weighted by molar-refractivity contribution is 0.0575. The summed E-state index contributed by atoms with van der Waals surface area (Å²) in [6, 6.07) is 4.00. The lowest BCUT2D eigenvalue weighted by Gasteiger charge is -2.31. The number of carbonyl (C=O) groups excluding carboxylic acids is 1. The van der Waals surface area contributed by atoms with Gasteiger partial charge in [-0.15, -0.1) is 0 Å². The molecule has 0 spiro atoms. The Bertz CT molecular complexity index is 565. The van der Waals surface area contributed by atoms with E-state index in [4.69, 9.17) is 4.74 Å². The molecule has 2 unspecified atom stereocenters. The number of amides is 2. The number of nitrogens with one attached hydrogen (secondary N) is 1. The molecular weight excluding hydrogens is 311 g/mol. The maximum absolute atomic E-state index is 14.1. The Morgan fingerprint density at radius 3 is 2.75 bits per heavy atom. The molecule has 2 amide bonds. The minimum absolute atomic E-state index is 0.0436. The number of hydrogen-bond acceptors (Lipinski definition) is 3. The maximum atomic E-state index is 14.1. The molecule has 1 aromatic carbocycles. The summed E-state index contributed by atoms with van der Waals surface area (Å²) >= 11 is 0. The Balaban J connectivity index is 1.93. The Morgan fingerprint density at radius 1 is 1.42 bits per heavy atom. The van der Waals surface area contributed by atoms with Gasteiger partial charge in [-0.1, -0.05) is 12.8 Å². The van der Waals surface area contributed by atoms with Crippen molar-refractivity contribution in [2.45, 2.75) is 51.7 Å². The number of carbonyl (C=O) groups is 1. The van der Waals surface area contributed by atoms with Gasteiger partial charge in [0.05, 0.1) is 17.9 Å². The predicted octanol–water partition coefficient (Wildman–Crippen LogP) is 3.63. The first-order valence-corrected chi connectivity index (χ1v) is 8.53. The third kappa shape index (κ3) is 5.09. The van der Waals surface area contributed by atoms with Crippen molar-refractivity contribution in [2.24, 2.45) is 5.92 Å². The molecule has 2 N–H and O–H groups in total. The smallest absolute Gasteiger partial charge is 0.321 e. The Kier molecular flexibility index (Phi) is 6.43. The highest BCUT2D eigenvalue weighted by atomic mass is 19.1. The number of urea groups is 1. The third-order valence-corrected chi connectivity index (χ3v) is 4.28. The number of aliphatic hydroxyl groups is 1. The van der Waals surface area contributed by atoms with Gasteiger partial charge in [-0.2, -0.15) is 0 Å². The van der Waals surface area contributed by atoms with Gasteiger partial charge in [-0.3, -0.25) is 0 Å². The van der Waals surface area contributed by atoms with Gasteiger partial charge in [0.2, 0.25) is 0 Å². The molecule has 0 heterocycles. The highest BCUT2D eigenvalue weighted by Gasteiger charge is 2.25. The van der Waals surface area contributed by atoms with Crippen molar-refractivity contribution in [2.75, 3.05) is 18.9 Å². The molecule has 1 aliphatic carbocycles. The molecule has 2 atom stereocenters. The van der Waals surface area contributed by atoms with Gasteiger partial charge >= 0.3 is 6.03 Å². The van der Waals surface area contributed by atoms with Crippen LogP contribution in [0.2, 0.25) is 0 Å². The molecule has 0 saturated heterocycles. The summed E-state index contributed by atoms with van der Waals surface area (Å²) in [6.07, 6.45) is 3.39. The van der Waals surface area contributed by atoms with Crippen LogP contribution in [0, 0.1) is 11.7 Å². The number of anilines is 1. The van der Waals surface area contributed by atoms with E-state index in [-0.39, 0.29) is 29.8 Å². The average Bonchev–Trinajstić information content (AvgIpc) is 2.51. The molecule has 1 aromatic rings. The highest BCUT2D eigenvalue weighted by molar-refractivity contribution is 5.89. The number of nitrogens with zero attached hydrogens (tertiary/aromatic N) is 1. The maximum Gasteiger partial charge on any atom is 0.321 e. The van der Waals surface area contributed by atoms with Crippen molar-refractivity contribution in [3.05, 3.63) is 24.0 Å². The molecule has 0 radical (unpaired) electrons. The molecular formula is C18H27FN2O3. The minimum atomic E-state index is -0.535. The third-order valence-electron chi connectivity index (χ3n) is 4.28. The molecule has 0 aromatic heterocycles. The van der Waals surface area contributed by atoms with Crippen molar-refractivity contribution in [3.8, 4) is 5.75 Å². The van der Waals surface area contributed by atoms with E-state index in [2.05, 4.69) is 5.32 Å². The van der Waals surface area contributed by atoms with E-state index in [9.17, 15) is 14.3 Å². The van der Waals surface area contributed by atoms with Crippen molar-refractivity contribution < 1.29 is 19.0 Å². The van der Waals surface area contributed by atoms with Crippen LogP contribution in [0.5, 0.6) is 5.75 Å². The standard InChI is InChI=1S/C18H27FN2O3/c1-12(2)24-14-8-9-16(15(19)10-14)20-18(23)21(3)11-13-6-4-5-7-17(13)22/h8-10,12-13,17,22H,4-7,11H2,1-3H3,(H,20,23). The van der Waals surface area contributed by atoms with Gasteiger partial charge in [0.25, 0.3) is 0 Å². The first-order chi connectivity index (χ1) is 11.4. The number of rotatable bonds is 5. The van der Waals surface area contributed by atoms with Crippen LogP contribution < -0.4 is 10.1 Å². The number of halogens is 1. The quantitative estimate of drug-likeness (QED) is 0.862. The number of ether oxygens (including phenoxy) is 1. The van der Waals surface area contributed by atoms with Gasteiger partial charge in [-0.25, -0.2) is 9.18 Å². The Hall–Kier alpha value is -1.82. The van der Waals surface area contributed by atoms with E-state index in [0.717, 1.165) is 25.7 Å². The SMILES string of the molecule is CC(C)Oc1ccc(NC(=O)N(C)CC2CCCCC2O)c(F)c1. The molecule has 1 saturated carbocycles. The van der Waals surface area contributed by atoms with Crippen LogP contribution in [-0.4, -0.2) is 41.8 Å². The zero-order valence-corrected chi connectivity index (χ0v) is 14.6. The fourth-order valence-corrected chi connectivity index (χ4v) is 2.99. The average molecular weight is 338 g/mol. The van der Waals surface area contributed by atoms with Crippen LogP contribution in [0.4, 0.5) is 14.9 Å². The van der Waals surface area contributed by atoms with Gasteiger partial charge < -0.3 is 20.1 Å². The van der Waals surface area contributed by atoms with Crippen molar-refractivity contribution in [3.63, 3.8) is 0 Å². The van der Waals surface area contributed by atoms with E-state index in [1.165, 1.54) is 17.0 Å². The highest BCUT2D eigenvalue weighted by Crippen LogP contribution is 2.25.